The van der Waals surface area contributed by atoms with Crippen LogP contribution in [0.4, 0.5) is 0 Å². The third kappa shape index (κ3) is 1.78. The second kappa shape index (κ2) is 4.22. The molecule has 0 aromatic carbocycles. The van der Waals surface area contributed by atoms with E-state index in [2.05, 4.69) is 27.7 Å². The molecule has 2 aliphatic carbocycles. The number of aliphatic hydroxyl groups is 1. The molecule has 114 valence electrons. The van der Waals surface area contributed by atoms with Crippen molar-refractivity contribution in [1.29, 1.82) is 0 Å². The highest BCUT2D eigenvalue weighted by atomic mass is 16.6. The number of rotatable bonds is 0. The minimum Gasteiger partial charge on any atom is -0.459 e. The van der Waals surface area contributed by atoms with Gasteiger partial charge in [-0.05, 0) is 55.8 Å². The Morgan fingerprint density at radius 3 is 2.45 bits per heavy atom. The van der Waals surface area contributed by atoms with Gasteiger partial charge in [-0.3, -0.25) is 4.79 Å². The fraction of sp³-hybridized carbons (Fsp3) is 0.941. The fourth-order valence-electron chi connectivity index (χ4n) is 5.83. The average molecular weight is 280 g/mol. The summed E-state index contributed by atoms with van der Waals surface area (Å²) in [5, 5.41) is 10.4. The Labute approximate surface area is 122 Å². The summed E-state index contributed by atoms with van der Waals surface area (Å²) in [7, 11) is 0. The molecule has 0 bridgehead atoms. The normalized spacial score (nSPS) is 50.9. The Bertz CT molecular complexity index is 430. The minimum absolute atomic E-state index is 0.0269. The smallest absolute Gasteiger partial charge is 0.306 e. The van der Waals surface area contributed by atoms with E-state index in [1.807, 2.05) is 0 Å². The lowest BCUT2D eigenvalue weighted by molar-refractivity contribution is -0.226. The number of ether oxygens (including phenoxy) is 1. The van der Waals surface area contributed by atoms with Crippen LogP contribution in [0.5, 0.6) is 0 Å². The first-order valence-corrected chi connectivity index (χ1v) is 8.10. The molecule has 5 atom stereocenters. The predicted octanol–water partition coefficient (Wildman–Crippen LogP) is 3.30. The molecule has 0 unspecified atom stereocenters. The van der Waals surface area contributed by atoms with Gasteiger partial charge in [-0.1, -0.05) is 20.8 Å². The standard InChI is InChI=1S/C17H28O3/c1-15(2)11-7-10-17(4)12(5-6-14(19)20-17)16(11,3)9-8-13(15)18/h11-13,18H,5-10H2,1-4H3/t11-,12+,13+,16-,17+/m0/s1. The number of fused-ring (bicyclic) bond motifs is 3. The highest BCUT2D eigenvalue weighted by molar-refractivity contribution is 5.71. The third-order valence-electron chi connectivity index (χ3n) is 6.96. The van der Waals surface area contributed by atoms with E-state index in [9.17, 15) is 9.90 Å². The molecule has 3 nitrogen and oxygen atoms in total. The lowest BCUT2D eigenvalue weighted by Crippen LogP contribution is -2.62. The Kier molecular flexibility index (Phi) is 3.03. The maximum atomic E-state index is 11.7. The first-order chi connectivity index (χ1) is 9.20. The van der Waals surface area contributed by atoms with Crippen molar-refractivity contribution < 1.29 is 14.6 Å². The van der Waals surface area contributed by atoms with Crippen LogP contribution in [0.2, 0.25) is 0 Å². The van der Waals surface area contributed by atoms with Crippen molar-refractivity contribution in [3.8, 4) is 0 Å². The van der Waals surface area contributed by atoms with Gasteiger partial charge in [0.25, 0.3) is 0 Å². The summed E-state index contributed by atoms with van der Waals surface area (Å²) >= 11 is 0. The monoisotopic (exact) mass is 280 g/mol. The van der Waals surface area contributed by atoms with Gasteiger partial charge in [-0.25, -0.2) is 0 Å². The molecule has 1 aliphatic heterocycles. The van der Waals surface area contributed by atoms with Gasteiger partial charge in [0.05, 0.1) is 6.10 Å². The van der Waals surface area contributed by atoms with E-state index in [4.69, 9.17) is 4.74 Å². The molecule has 2 saturated carbocycles. The van der Waals surface area contributed by atoms with E-state index >= 15 is 0 Å². The van der Waals surface area contributed by atoms with Crippen LogP contribution >= 0.6 is 0 Å². The summed E-state index contributed by atoms with van der Waals surface area (Å²) in [6, 6.07) is 0. The number of hydrogen-bond donors (Lipinski definition) is 1. The Hall–Kier alpha value is -0.570. The van der Waals surface area contributed by atoms with Crippen LogP contribution in [0, 0.1) is 22.7 Å². The second-order valence-corrected chi connectivity index (χ2v) is 8.35. The minimum atomic E-state index is -0.279. The summed E-state index contributed by atoms with van der Waals surface area (Å²) in [6.07, 6.45) is 5.25. The van der Waals surface area contributed by atoms with Crippen molar-refractivity contribution >= 4 is 5.97 Å². The summed E-state index contributed by atoms with van der Waals surface area (Å²) in [5.41, 5.74) is -0.120. The van der Waals surface area contributed by atoms with Crippen LogP contribution in [0.15, 0.2) is 0 Å². The number of carbonyl (C=O) groups excluding carboxylic acids is 1. The molecule has 1 heterocycles. The number of hydrogen-bond acceptors (Lipinski definition) is 3. The van der Waals surface area contributed by atoms with Gasteiger partial charge in [-0.15, -0.1) is 0 Å². The topological polar surface area (TPSA) is 46.5 Å². The molecule has 0 spiro atoms. The molecule has 0 amide bonds. The maximum Gasteiger partial charge on any atom is 0.306 e. The van der Waals surface area contributed by atoms with E-state index in [1.54, 1.807) is 0 Å². The first kappa shape index (κ1) is 14.4. The van der Waals surface area contributed by atoms with Gasteiger partial charge in [0.2, 0.25) is 0 Å². The fourth-order valence-corrected chi connectivity index (χ4v) is 5.83. The Morgan fingerprint density at radius 2 is 1.75 bits per heavy atom. The highest BCUT2D eigenvalue weighted by Gasteiger charge is 2.62. The van der Waals surface area contributed by atoms with Crippen molar-refractivity contribution in [2.45, 2.75) is 77.9 Å². The zero-order chi connectivity index (χ0) is 14.8. The molecular formula is C17H28O3. The summed E-state index contributed by atoms with van der Waals surface area (Å²) in [5.74, 6) is 0.938. The molecule has 3 rings (SSSR count). The molecule has 1 N–H and O–H groups in total. The van der Waals surface area contributed by atoms with Crippen LogP contribution in [0.1, 0.15) is 66.2 Å². The van der Waals surface area contributed by atoms with Gasteiger partial charge in [0.15, 0.2) is 0 Å². The quantitative estimate of drug-likeness (QED) is 0.693. The molecule has 3 aliphatic rings. The molecule has 0 radical (unpaired) electrons. The molecule has 20 heavy (non-hydrogen) atoms. The van der Waals surface area contributed by atoms with E-state index in [1.165, 1.54) is 0 Å². The Morgan fingerprint density at radius 1 is 1.05 bits per heavy atom. The van der Waals surface area contributed by atoms with Gasteiger partial charge >= 0.3 is 5.97 Å². The van der Waals surface area contributed by atoms with Gasteiger partial charge in [0, 0.05) is 12.3 Å². The molecule has 3 fully saturated rings. The zero-order valence-corrected chi connectivity index (χ0v) is 13.2. The number of carbonyl (C=O) groups is 1. The van der Waals surface area contributed by atoms with Gasteiger partial charge in [-0.2, -0.15) is 0 Å². The lowest BCUT2D eigenvalue weighted by Gasteiger charge is -2.63. The van der Waals surface area contributed by atoms with Crippen LogP contribution in [-0.2, 0) is 9.53 Å². The van der Waals surface area contributed by atoms with Crippen molar-refractivity contribution in [1.82, 2.24) is 0 Å². The predicted molar refractivity (Wildman–Crippen MR) is 77.1 cm³/mol. The summed E-state index contributed by atoms with van der Waals surface area (Å²) in [4.78, 5) is 11.7. The average Bonchev–Trinajstić information content (AvgIpc) is 2.33. The third-order valence-corrected chi connectivity index (χ3v) is 6.96. The lowest BCUT2D eigenvalue weighted by atomic mass is 9.44. The van der Waals surface area contributed by atoms with E-state index < -0.39 is 0 Å². The molecule has 0 aromatic heterocycles. The molecule has 3 heteroatoms. The zero-order valence-electron chi connectivity index (χ0n) is 13.2. The van der Waals surface area contributed by atoms with E-state index in [-0.39, 0.29) is 28.5 Å². The van der Waals surface area contributed by atoms with Crippen molar-refractivity contribution in [3.63, 3.8) is 0 Å². The van der Waals surface area contributed by atoms with Crippen LogP contribution in [-0.4, -0.2) is 22.8 Å². The van der Waals surface area contributed by atoms with Crippen molar-refractivity contribution in [2.75, 3.05) is 0 Å². The van der Waals surface area contributed by atoms with Crippen molar-refractivity contribution in [2.24, 2.45) is 22.7 Å². The van der Waals surface area contributed by atoms with E-state index in [0.717, 1.165) is 32.1 Å². The second-order valence-electron chi connectivity index (χ2n) is 8.35. The number of esters is 1. The van der Waals surface area contributed by atoms with Crippen LogP contribution in [0.25, 0.3) is 0 Å². The van der Waals surface area contributed by atoms with Crippen LogP contribution < -0.4 is 0 Å². The maximum absolute atomic E-state index is 11.7. The van der Waals surface area contributed by atoms with Gasteiger partial charge < -0.3 is 9.84 Å². The first-order valence-electron chi connectivity index (χ1n) is 8.10. The van der Waals surface area contributed by atoms with Gasteiger partial charge in [0.1, 0.15) is 5.60 Å². The van der Waals surface area contributed by atoms with E-state index in [0.29, 0.717) is 18.3 Å². The van der Waals surface area contributed by atoms with Crippen molar-refractivity contribution in [3.05, 3.63) is 0 Å². The number of aliphatic hydroxyl groups excluding tert-OH is 1. The highest BCUT2D eigenvalue weighted by Crippen LogP contribution is 2.64. The largest absolute Gasteiger partial charge is 0.459 e. The Balaban J connectivity index is 1.97. The molecule has 1 saturated heterocycles. The SMILES string of the molecule is CC1(C)[C@H](O)CC[C@]2(C)[C@H]3CCC(=O)O[C@]3(C)CC[C@@H]12. The molecule has 0 aromatic rings. The molecular weight excluding hydrogens is 252 g/mol. The summed E-state index contributed by atoms with van der Waals surface area (Å²) in [6.45, 7) is 8.95. The summed E-state index contributed by atoms with van der Waals surface area (Å²) < 4.78 is 5.79. The van der Waals surface area contributed by atoms with Crippen LogP contribution in [0.3, 0.4) is 0 Å².